The highest BCUT2D eigenvalue weighted by Gasteiger charge is 2.30. The third-order valence-electron chi connectivity index (χ3n) is 4.11. The molecule has 1 aliphatic carbocycles. The van der Waals surface area contributed by atoms with E-state index in [1.54, 1.807) is 0 Å². The second kappa shape index (κ2) is 6.24. The van der Waals surface area contributed by atoms with Gasteiger partial charge in [0.2, 0.25) is 0 Å². The molecule has 0 radical (unpaired) electrons. The van der Waals surface area contributed by atoms with Gasteiger partial charge in [0.25, 0.3) is 0 Å². The van der Waals surface area contributed by atoms with Crippen LogP contribution in [0.5, 0.6) is 0 Å². The number of rotatable bonds is 6. The first kappa shape index (κ1) is 15.3. The highest BCUT2D eigenvalue weighted by Crippen LogP contribution is 2.39. The molecule has 0 N–H and O–H groups in total. The Morgan fingerprint density at radius 1 is 1.32 bits per heavy atom. The van der Waals surface area contributed by atoms with Crippen LogP contribution in [0.25, 0.3) is 0 Å². The standard InChI is InChI=1S/C17H21N3OS/c1-4-12-5-7-13(8-6-12)15(21)11(2)22-17-19-18-16(20(17)3)14-9-10-14/h5-8,11,14H,4,9-10H2,1-3H3/t11-/m1/s1. The van der Waals surface area contributed by atoms with Crippen molar-refractivity contribution in [3.05, 3.63) is 41.2 Å². The molecule has 0 amide bonds. The molecular formula is C17H21N3OS. The van der Waals surface area contributed by atoms with Gasteiger partial charge in [-0.25, -0.2) is 0 Å². The molecule has 1 fully saturated rings. The Hall–Kier alpha value is -1.62. The Kier molecular flexibility index (Phi) is 4.34. The average Bonchev–Trinajstić information content (AvgIpc) is 3.32. The molecule has 5 heteroatoms. The monoisotopic (exact) mass is 315 g/mol. The van der Waals surface area contributed by atoms with Crippen molar-refractivity contribution < 1.29 is 4.79 Å². The fraction of sp³-hybridized carbons (Fsp3) is 0.471. The van der Waals surface area contributed by atoms with Crippen LogP contribution in [-0.4, -0.2) is 25.8 Å². The number of hydrogen-bond donors (Lipinski definition) is 0. The third-order valence-corrected chi connectivity index (χ3v) is 5.24. The normalized spacial score (nSPS) is 15.8. The van der Waals surface area contributed by atoms with Crippen molar-refractivity contribution in [2.45, 2.75) is 49.4 Å². The third kappa shape index (κ3) is 3.09. The Morgan fingerprint density at radius 2 is 2.00 bits per heavy atom. The fourth-order valence-corrected chi connectivity index (χ4v) is 3.38. The number of thioether (sulfide) groups is 1. The molecule has 1 aromatic heterocycles. The summed E-state index contributed by atoms with van der Waals surface area (Å²) in [6.07, 6.45) is 3.39. The summed E-state index contributed by atoms with van der Waals surface area (Å²) in [5.41, 5.74) is 2.01. The van der Waals surface area contributed by atoms with E-state index in [-0.39, 0.29) is 11.0 Å². The highest BCUT2D eigenvalue weighted by atomic mass is 32.2. The smallest absolute Gasteiger partial charge is 0.191 e. The molecule has 2 aromatic rings. The molecular weight excluding hydrogens is 294 g/mol. The number of carbonyl (C=O) groups excluding carboxylic acids is 1. The zero-order chi connectivity index (χ0) is 15.7. The van der Waals surface area contributed by atoms with E-state index < -0.39 is 0 Å². The predicted octanol–water partition coefficient (Wildman–Crippen LogP) is 3.62. The van der Waals surface area contributed by atoms with E-state index in [9.17, 15) is 4.79 Å². The number of Topliss-reactive ketones (excluding diaryl/α,β-unsaturated/α-hetero) is 1. The Balaban J connectivity index is 1.70. The van der Waals surface area contributed by atoms with Crippen LogP contribution in [0.2, 0.25) is 0 Å². The van der Waals surface area contributed by atoms with Crippen LogP contribution in [0, 0.1) is 0 Å². The zero-order valence-corrected chi connectivity index (χ0v) is 14.1. The topological polar surface area (TPSA) is 47.8 Å². The Labute approximate surface area is 135 Å². The lowest BCUT2D eigenvalue weighted by Crippen LogP contribution is -2.14. The maximum absolute atomic E-state index is 12.5. The lowest BCUT2D eigenvalue weighted by Gasteiger charge is -2.10. The van der Waals surface area contributed by atoms with E-state index in [0.29, 0.717) is 5.92 Å². The number of aryl methyl sites for hydroxylation is 1. The molecule has 0 saturated heterocycles. The number of carbonyl (C=O) groups is 1. The number of hydrogen-bond acceptors (Lipinski definition) is 4. The van der Waals surface area contributed by atoms with Crippen molar-refractivity contribution in [3.63, 3.8) is 0 Å². The van der Waals surface area contributed by atoms with Gasteiger partial charge in [0.15, 0.2) is 10.9 Å². The minimum Gasteiger partial charge on any atom is -0.309 e. The second-order valence-electron chi connectivity index (χ2n) is 5.85. The summed E-state index contributed by atoms with van der Waals surface area (Å²) in [6.45, 7) is 4.05. The summed E-state index contributed by atoms with van der Waals surface area (Å²) in [5, 5.41) is 9.17. The highest BCUT2D eigenvalue weighted by molar-refractivity contribution is 8.00. The summed E-state index contributed by atoms with van der Waals surface area (Å²) >= 11 is 1.49. The largest absolute Gasteiger partial charge is 0.309 e. The first-order chi connectivity index (χ1) is 10.6. The minimum absolute atomic E-state index is 0.142. The van der Waals surface area contributed by atoms with Gasteiger partial charge in [-0.3, -0.25) is 4.79 Å². The predicted molar refractivity (Wildman–Crippen MR) is 88.4 cm³/mol. The van der Waals surface area contributed by atoms with Gasteiger partial charge in [-0.05, 0) is 31.7 Å². The molecule has 1 heterocycles. The van der Waals surface area contributed by atoms with Crippen LogP contribution in [0.15, 0.2) is 29.4 Å². The van der Waals surface area contributed by atoms with E-state index in [0.717, 1.165) is 23.0 Å². The average molecular weight is 315 g/mol. The number of aromatic nitrogens is 3. The lowest BCUT2D eigenvalue weighted by molar-refractivity contribution is 0.0994. The summed E-state index contributed by atoms with van der Waals surface area (Å²) in [6, 6.07) is 7.89. The number of nitrogens with zero attached hydrogens (tertiary/aromatic N) is 3. The molecule has 0 spiro atoms. The van der Waals surface area contributed by atoms with Crippen LogP contribution in [0.4, 0.5) is 0 Å². The summed E-state index contributed by atoms with van der Waals surface area (Å²) in [7, 11) is 1.99. The van der Waals surface area contributed by atoms with Gasteiger partial charge in [0, 0.05) is 18.5 Å². The second-order valence-corrected chi connectivity index (χ2v) is 7.16. The number of benzene rings is 1. The first-order valence-corrected chi connectivity index (χ1v) is 8.67. The van der Waals surface area contributed by atoms with Crippen molar-refractivity contribution in [1.29, 1.82) is 0 Å². The molecule has 116 valence electrons. The van der Waals surface area contributed by atoms with Crippen LogP contribution in [-0.2, 0) is 13.5 Å². The molecule has 1 saturated carbocycles. The van der Waals surface area contributed by atoms with Crippen LogP contribution < -0.4 is 0 Å². The number of ketones is 1. The SMILES string of the molecule is CCc1ccc(C(=O)[C@@H](C)Sc2nnc(C3CC3)n2C)cc1. The van der Waals surface area contributed by atoms with E-state index in [2.05, 4.69) is 17.1 Å². The summed E-state index contributed by atoms with van der Waals surface area (Å²) in [4.78, 5) is 12.5. The van der Waals surface area contributed by atoms with Gasteiger partial charge in [-0.1, -0.05) is 43.0 Å². The van der Waals surface area contributed by atoms with Crippen LogP contribution in [0.3, 0.4) is 0 Å². The van der Waals surface area contributed by atoms with Gasteiger partial charge in [0.05, 0.1) is 5.25 Å². The van der Waals surface area contributed by atoms with Crippen LogP contribution >= 0.6 is 11.8 Å². The molecule has 0 bridgehead atoms. The van der Waals surface area contributed by atoms with Gasteiger partial charge < -0.3 is 4.57 Å². The molecule has 22 heavy (non-hydrogen) atoms. The molecule has 1 aromatic carbocycles. The van der Waals surface area contributed by atoms with Crippen molar-refractivity contribution in [2.75, 3.05) is 0 Å². The van der Waals surface area contributed by atoms with E-state index in [4.69, 9.17) is 0 Å². The Morgan fingerprint density at radius 3 is 2.59 bits per heavy atom. The maximum Gasteiger partial charge on any atom is 0.191 e. The van der Waals surface area contributed by atoms with E-state index in [1.165, 1.54) is 30.2 Å². The van der Waals surface area contributed by atoms with Gasteiger partial charge in [0.1, 0.15) is 5.82 Å². The Bertz CT molecular complexity index is 674. The summed E-state index contributed by atoms with van der Waals surface area (Å²) < 4.78 is 2.03. The summed E-state index contributed by atoms with van der Waals surface area (Å²) in [5.74, 6) is 1.76. The fourth-order valence-electron chi connectivity index (χ4n) is 2.48. The molecule has 0 unspecified atom stereocenters. The quantitative estimate of drug-likeness (QED) is 0.603. The van der Waals surface area contributed by atoms with Crippen molar-refractivity contribution in [2.24, 2.45) is 7.05 Å². The van der Waals surface area contributed by atoms with Crippen molar-refractivity contribution >= 4 is 17.5 Å². The lowest BCUT2D eigenvalue weighted by atomic mass is 10.1. The molecule has 1 atom stereocenters. The zero-order valence-electron chi connectivity index (χ0n) is 13.2. The molecule has 3 rings (SSSR count). The van der Waals surface area contributed by atoms with Gasteiger partial charge >= 0.3 is 0 Å². The maximum atomic E-state index is 12.5. The van der Waals surface area contributed by atoms with E-state index in [1.807, 2.05) is 42.8 Å². The minimum atomic E-state index is -0.164. The van der Waals surface area contributed by atoms with E-state index >= 15 is 0 Å². The van der Waals surface area contributed by atoms with Gasteiger partial charge in [-0.2, -0.15) is 0 Å². The van der Waals surface area contributed by atoms with Crippen LogP contribution in [0.1, 0.15) is 54.4 Å². The van der Waals surface area contributed by atoms with Crippen molar-refractivity contribution in [3.8, 4) is 0 Å². The van der Waals surface area contributed by atoms with Gasteiger partial charge in [-0.15, -0.1) is 10.2 Å². The first-order valence-electron chi connectivity index (χ1n) is 7.79. The molecule has 0 aliphatic heterocycles. The molecule has 1 aliphatic rings. The molecule has 4 nitrogen and oxygen atoms in total. The van der Waals surface area contributed by atoms with Crippen molar-refractivity contribution in [1.82, 2.24) is 14.8 Å².